The van der Waals surface area contributed by atoms with E-state index < -0.39 is 72.2 Å². The maximum Gasteiger partial charge on any atom is 0.459 e. The molecule has 2 aliphatic heterocycles. The van der Waals surface area contributed by atoms with Crippen LogP contribution in [0.1, 0.15) is 26.1 Å². The minimum atomic E-state index is -4.47. The Hall–Kier alpha value is -2.88. The van der Waals surface area contributed by atoms with E-state index in [-0.39, 0.29) is 18.4 Å². The minimum Gasteiger partial charge on any atom is -0.614 e. The second-order valence-corrected chi connectivity index (χ2v) is 12.4. The quantitative estimate of drug-likeness (QED) is 0.202. The Morgan fingerprint density at radius 3 is 2.77 bits per heavy atom. The van der Waals surface area contributed by atoms with Crippen molar-refractivity contribution >= 4 is 30.7 Å². The number of carbonyl (C=O) groups is 1. The van der Waals surface area contributed by atoms with E-state index in [1.807, 2.05) is 0 Å². The van der Waals surface area contributed by atoms with Crippen LogP contribution in [-0.4, -0.2) is 68.3 Å². The molecule has 2 aromatic rings. The molecule has 17 heteroatoms. The van der Waals surface area contributed by atoms with Crippen LogP contribution in [-0.2, 0) is 29.8 Å². The number of ether oxygens (including phenoxy) is 3. The number of anilines is 1. The first kappa shape index (κ1) is 29.1. The van der Waals surface area contributed by atoms with Crippen molar-refractivity contribution in [3.05, 3.63) is 40.9 Å². The van der Waals surface area contributed by atoms with Crippen LogP contribution in [0.25, 0.3) is 0 Å². The summed E-state index contributed by atoms with van der Waals surface area (Å²) in [6.45, 7) is 3.87. The van der Waals surface area contributed by atoms with Crippen molar-refractivity contribution in [3.8, 4) is 17.2 Å². The highest BCUT2D eigenvalue weighted by molar-refractivity contribution is 7.92. The van der Waals surface area contributed by atoms with E-state index in [4.69, 9.17) is 29.0 Å². The van der Waals surface area contributed by atoms with Crippen molar-refractivity contribution in [3.63, 3.8) is 0 Å². The number of alkyl halides is 1. The predicted octanol–water partition coefficient (Wildman–Crippen LogP) is 1.02. The number of carbonyl (C=O) groups excluding carboxylic acids is 1. The first-order chi connectivity index (χ1) is 18.4. The number of aliphatic hydroxyl groups excluding tert-OH is 1. The van der Waals surface area contributed by atoms with Crippen LogP contribution in [0.5, 0.6) is 17.2 Å². The van der Waals surface area contributed by atoms with Gasteiger partial charge in [-0.2, -0.15) is 10.1 Å². The Morgan fingerprint density at radius 1 is 1.36 bits per heavy atom. The number of benzene rings is 1. The third-order valence-electron chi connectivity index (χ3n) is 5.68. The van der Waals surface area contributed by atoms with Crippen LogP contribution in [0.3, 0.4) is 0 Å². The lowest BCUT2D eigenvalue weighted by atomic mass is 10.1. The van der Waals surface area contributed by atoms with Crippen molar-refractivity contribution < 1.29 is 46.7 Å². The number of aromatic nitrogens is 2. The van der Waals surface area contributed by atoms with Crippen molar-refractivity contribution in [2.75, 3.05) is 19.1 Å². The number of halogens is 1. The molecule has 0 saturated carbocycles. The molecular weight excluding hydrogens is 562 g/mol. The largest absolute Gasteiger partial charge is 0.614 e. The minimum absolute atomic E-state index is 0.00773. The number of fused-ring (bicyclic) bond motifs is 1. The molecule has 0 amide bonds. The molecule has 0 radical (unpaired) electrons. The Kier molecular flexibility index (Phi) is 8.73. The van der Waals surface area contributed by atoms with Gasteiger partial charge in [0, 0.05) is 12.3 Å². The number of rotatable bonds is 10. The Balaban J connectivity index is 1.55. The molecule has 1 saturated heterocycles. The lowest BCUT2D eigenvalue weighted by Crippen LogP contribution is -2.38. The molecular formula is C22H28FN4O10PS. The van der Waals surface area contributed by atoms with Gasteiger partial charge in [-0.1, -0.05) is 0 Å². The highest BCUT2D eigenvalue weighted by atomic mass is 32.2. The van der Waals surface area contributed by atoms with Gasteiger partial charge in [0.25, 0.3) is 0 Å². The molecule has 1 unspecified atom stereocenters. The standard InChI is InChI=1S/C22H28FN4O10PS/c1-11(2)36-21(29)12(3)26-38(31,37-13-4-5-14-15(8-13)34-10-33-14)35-9-16-19(28)18(23)20(39(16)32)27-7-6-17(24)25-22(27)30/h4-8,11-12,16,18-20,28H,9-10H2,1-3H3,(H,26,31)(H2,24,25,30)/t12-,16+,18-,19+,20+,38-,39?/m0/s1. The molecule has 0 aliphatic carbocycles. The average molecular weight is 591 g/mol. The summed E-state index contributed by atoms with van der Waals surface area (Å²) >= 11 is -2.24. The zero-order valence-electron chi connectivity index (χ0n) is 21.1. The summed E-state index contributed by atoms with van der Waals surface area (Å²) in [5.41, 5.74) is 4.51. The number of hydrogen-bond acceptors (Lipinski definition) is 12. The van der Waals surface area contributed by atoms with Gasteiger partial charge < -0.3 is 34.1 Å². The van der Waals surface area contributed by atoms with Crippen LogP contribution in [0.2, 0.25) is 0 Å². The van der Waals surface area contributed by atoms with Crippen molar-refractivity contribution in [1.29, 1.82) is 0 Å². The number of nitrogens with two attached hydrogens (primary N) is 1. The average Bonchev–Trinajstić information content (AvgIpc) is 3.40. The molecule has 214 valence electrons. The van der Waals surface area contributed by atoms with Gasteiger partial charge in [-0.3, -0.25) is 9.32 Å². The molecule has 4 rings (SSSR count). The molecule has 0 spiro atoms. The van der Waals surface area contributed by atoms with Crippen LogP contribution < -0.4 is 30.5 Å². The first-order valence-corrected chi connectivity index (χ1v) is 14.6. The molecule has 3 heterocycles. The first-order valence-electron chi connectivity index (χ1n) is 11.8. The third-order valence-corrected chi connectivity index (χ3v) is 9.30. The highest BCUT2D eigenvalue weighted by Gasteiger charge is 2.56. The molecule has 1 fully saturated rings. The van der Waals surface area contributed by atoms with Crippen LogP contribution in [0.15, 0.2) is 35.3 Å². The number of hydrogen-bond donors (Lipinski definition) is 3. The van der Waals surface area contributed by atoms with Crippen LogP contribution in [0, 0.1) is 0 Å². The summed E-state index contributed by atoms with van der Waals surface area (Å²) in [5.74, 6) is -0.130. The molecule has 4 N–H and O–H groups in total. The summed E-state index contributed by atoms with van der Waals surface area (Å²) in [6.07, 6.45) is -3.35. The topological polar surface area (TPSA) is 197 Å². The maximum atomic E-state index is 15.1. The smallest absolute Gasteiger partial charge is 0.459 e. The van der Waals surface area contributed by atoms with Crippen LogP contribution in [0.4, 0.5) is 10.2 Å². The summed E-state index contributed by atoms with van der Waals surface area (Å²) in [4.78, 5) is 28.1. The number of nitrogens with one attached hydrogen (secondary N) is 1. The molecule has 39 heavy (non-hydrogen) atoms. The maximum absolute atomic E-state index is 15.1. The van der Waals surface area contributed by atoms with E-state index in [0.717, 1.165) is 10.8 Å². The van der Waals surface area contributed by atoms with Crippen molar-refractivity contribution in [2.45, 2.75) is 55.8 Å². The molecule has 1 aromatic heterocycles. The second-order valence-electron chi connectivity index (χ2n) is 8.97. The molecule has 1 aromatic carbocycles. The number of nitrogen functional groups attached to an aromatic ring is 1. The molecule has 0 bridgehead atoms. The van der Waals surface area contributed by atoms with Gasteiger partial charge in [0.05, 0.1) is 6.10 Å². The van der Waals surface area contributed by atoms with Gasteiger partial charge in [0.1, 0.15) is 30.3 Å². The van der Waals surface area contributed by atoms with Gasteiger partial charge in [-0.25, -0.2) is 18.3 Å². The van der Waals surface area contributed by atoms with E-state index in [9.17, 15) is 23.8 Å². The predicted molar refractivity (Wildman–Crippen MR) is 135 cm³/mol. The third kappa shape index (κ3) is 6.48. The molecule has 7 atom stereocenters. The van der Waals surface area contributed by atoms with Gasteiger partial charge in [0.2, 0.25) is 12.2 Å². The van der Waals surface area contributed by atoms with E-state index in [1.54, 1.807) is 13.8 Å². The number of nitrogens with zero attached hydrogens (tertiary/aromatic N) is 2. The summed E-state index contributed by atoms with van der Waals surface area (Å²) in [5, 5.41) is 9.92. The van der Waals surface area contributed by atoms with Gasteiger partial charge >= 0.3 is 19.4 Å². The molecule has 14 nitrogen and oxygen atoms in total. The fraction of sp³-hybridized carbons (Fsp3) is 0.500. The van der Waals surface area contributed by atoms with E-state index in [0.29, 0.717) is 11.5 Å². The van der Waals surface area contributed by atoms with Crippen LogP contribution >= 0.6 is 7.75 Å². The van der Waals surface area contributed by atoms with Crippen molar-refractivity contribution in [1.82, 2.24) is 14.6 Å². The zero-order chi connectivity index (χ0) is 28.5. The Bertz CT molecular complexity index is 1320. The monoisotopic (exact) mass is 590 g/mol. The molecule has 2 aliphatic rings. The fourth-order valence-corrected chi connectivity index (χ4v) is 7.22. The van der Waals surface area contributed by atoms with Gasteiger partial charge in [-0.05, 0) is 50.1 Å². The SMILES string of the molecule is CC(C)OC(=O)[C@H](C)N[P@](=O)(OC[C@@H]1[C@@H](O)[C@H](F)[C@H](n2ccc(N)nc2=O)[S+]1[O-])Oc1ccc2c(c1)OCO2. The second kappa shape index (κ2) is 11.7. The van der Waals surface area contributed by atoms with Crippen molar-refractivity contribution in [2.24, 2.45) is 0 Å². The fourth-order valence-electron chi connectivity index (χ4n) is 3.83. The Morgan fingerprint density at radius 2 is 2.08 bits per heavy atom. The number of esters is 1. The van der Waals surface area contributed by atoms with E-state index in [1.165, 1.54) is 31.2 Å². The van der Waals surface area contributed by atoms with E-state index >= 15 is 4.39 Å². The summed E-state index contributed by atoms with van der Waals surface area (Å²) < 4.78 is 69.5. The van der Waals surface area contributed by atoms with Gasteiger partial charge in [0.15, 0.2) is 22.9 Å². The highest BCUT2D eigenvalue weighted by Crippen LogP contribution is 2.48. The number of aliphatic hydroxyl groups is 1. The lowest BCUT2D eigenvalue weighted by Gasteiger charge is -2.25. The zero-order valence-corrected chi connectivity index (χ0v) is 22.8. The normalized spacial score (nSPS) is 26.3. The van der Waals surface area contributed by atoms with E-state index in [2.05, 4.69) is 10.1 Å². The summed E-state index contributed by atoms with van der Waals surface area (Å²) in [7, 11) is -4.47. The van der Waals surface area contributed by atoms with Gasteiger partial charge in [-0.15, -0.1) is 0 Å². The lowest BCUT2D eigenvalue weighted by molar-refractivity contribution is -0.149. The Labute approximate surface area is 225 Å². The summed E-state index contributed by atoms with van der Waals surface area (Å²) in [6, 6.07) is 4.33.